The van der Waals surface area contributed by atoms with Crippen LogP contribution in [0.15, 0.2) is 12.4 Å². The highest BCUT2D eigenvalue weighted by molar-refractivity contribution is 6.75. The number of halogens is 5. The Morgan fingerprint density at radius 3 is 2.40 bits per heavy atom. The van der Waals surface area contributed by atoms with Gasteiger partial charge in [-0.25, -0.2) is 4.79 Å². The second-order valence-electron chi connectivity index (χ2n) is 5.31. The predicted octanol–water partition coefficient (Wildman–Crippen LogP) is 4.51. The van der Waals surface area contributed by atoms with Crippen molar-refractivity contribution >= 4 is 64.0 Å². The van der Waals surface area contributed by atoms with E-state index in [1.54, 1.807) is 0 Å². The van der Waals surface area contributed by atoms with Gasteiger partial charge in [0.05, 0.1) is 18.1 Å². The molecule has 0 saturated heterocycles. The van der Waals surface area contributed by atoms with Crippen molar-refractivity contribution in [2.24, 2.45) is 0 Å². The lowest BCUT2D eigenvalue weighted by molar-refractivity contribution is 0.236. The molecule has 0 atom stereocenters. The van der Waals surface area contributed by atoms with E-state index in [0.717, 1.165) is 35.0 Å². The Kier molecular flexibility index (Phi) is 6.95. The minimum Gasteiger partial charge on any atom is -0.243 e. The van der Waals surface area contributed by atoms with Crippen LogP contribution in [0.2, 0.25) is 0 Å². The van der Waals surface area contributed by atoms with Crippen LogP contribution in [0.4, 0.5) is 4.79 Å². The number of unbranched alkanes of at least 4 members (excludes halogenated alkanes) is 3. The molecule has 7 nitrogen and oxygen atoms in total. The number of carbonyl (C=O) groups excluding carboxylic acids is 1. The molecule has 0 radical (unpaired) electrons. The van der Waals surface area contributed by atoms with E-state index in [-0.39, 0.29) is 5.69 Å². The van der Waals surface area contributed by atoms with Gasteiger partial charge in [0.1, 0.15) is 5.69 Å². The van der Waals surface area contributed by atoms with Gasteiger partial charge < -0.3 is 0 Å². The third-order valence-corrected chi connectivity index (χ3v) is 5.82. The monoisotopic (exact) mass is 446 g/mol. The number of rotatable bonds is 6. The first kappa shape index (κ1) is 20.7. The maximum Gasteiger partial charge on any atom is 0.372 e. The van der Waals surface area contributed by atoms with Gasteiger partial charge in [0.25, 0.3) is 0 Å². The lowest BCUT2D eigenvalue weighted by atomic mass is 10.1. The topological polar surface area (TPSA) is 78.5 Å². The number of aryl methyl sites for hydroxylation is 1. The molecule has 0 saturated carbocycles. The van der Waals surface area contributed by atoms with Crippen LogP contribution in [0.25, 0.3) is 0 Å². The number of hydrogen-bond donors (Lipinski definition) is 0. The summed E-state index contributed by atoms with van der Waals surface area (Å²) in [5.41, 5.74) is 0.397. The molecule has 0 bridgehead atoms. The fraction of sp³-hybridized carbons (Fsp3) is 0.615. The summed E-state index contributed by atoms with van der Waals surface area (Å²) in [7, 11) is 0. The van der Waals surface area contributed by atoms with Crippen LogP contribution in [-0.4, -0.2) is 39.8 Å². The van der Waals surface area contributed by atoms with Gasteiger partial charge in [0.2, 0.25) is 8.13 Å². The van der Waals surface area contributed by atoms with E-state index >= 15 is 0 Å². The second kappa shape index (κ2) is 8.39. The molecule has 0 aliphatic heterocycles. The summed E-state index contributed by atoms with van der Waals surface area (Å²) in [4.78, 5) is 12.6. The molecule has 0 aromatic carbocycles. The first-order valence-electron chi connectivity index (χ1n) is 7.50. The van der Waals surface area contributed by atoms with E-state index in [4.69, 9.17) is 58.0 Å². The third-order valence-electron chi connectivity index (χ3n) is 3.46. The van der Waals surface area contributed by atoms with Crippen molar-refractivity contribution < 1.29 is 4.79 Å². The molecule has 2 aromatic rings. The molecule has 0 N–H and O–H groups in total. The van der Waals surface area contributed by atoms with E-state index in [0.29, 0.717) is 12.1 Å². The zero-order valence-corrected chi connectivity index (χ0v) is 17.0. The van der Waals surface area contributed by atoms with Crippen molar-refractivity contribution in [2.45, 2.75) is 47.2 Å². The quantitative estimate of drug-likeness (QED) is 0.480. The molecule has 2 aromatic heterocycles. The minimum atomic E-state index is -2.11. The van der Waals surface area contributed by atoms with Gasteiger partial charge >= 0.3 is 6.03 Å². The number of alkyl halides is 5. The molecule has 0 unspecified atom stereocenters. The summed E-state index contributed by atoms with van der Waals surface area (Å²) in [6.07, 6.45) is 7.10. The highest BCUT2D eigenvalue weighted by atomic mass is 35.6. The average molecular weight is 449 g/mol. The Hall–Kier alpha value is -0.600. The standard InChI is InChI=1S/C13H15Cl5N6O/c1-2-3-4-5-6-9-10(12(14,15)13(16,17)18)24(22-20-9)11(25)23-8-7-19-21-23/h7-8H,2-6H2,1H3. The molecular formula is C13H15Cl5N6O. The summed E-state index contributed by atoms with van der Waals surface area (Å²) in [5.74, 6) is 0. The molecule has 2 heterocycles. The number of carbonyl (C=O) groups is 1. The van der Waals surface area contributed by atoms with Gasteiger partial charge in [-0.1, -0.05) is 94.6 Å². The largest absolute Gasteiger partial charge is 0.372 e. The van der Waals surface area contributed by atoms with Gasteiger partial charge in [-0.05, 0) is 12.8 Å². The lowest BCUT2D eigenvalue weighted by Crippen LogP contribution is -2.35. The van der Waals surface area contributed by atoms with Gasteiger partial charge in [0.15, 0.2) is 0 Å². The number of aromatic nitrogens is 6. The smallest absolute Gasteiger partial charge is 0.243 e. The van der Waals surface area contributed by atoms with Crippen molar-refractivity contribution in [3.05, 3.63) is 23.8 Å². The first-order chi connectivity index (χ1) is 11.7. The molecule has 138 valence electrons. The maximum absolute atomic E-state index is 12.6. The zero-order chi connectivity index (χ0) is 18.7. The molecule has 25 heavy (non-hydrogen) atoms. The molecule has 2 rings (SSSR count). The van der Waals surface area contributed by atoms with Crippen LogP contribution in [-0.2, 0) is 10.8 Å². The van der Waals surface area contributed by atoms with Crippen LogP contribution >= 0.6 is 58.0 Å². The molecule has 0 aliphatic rings. The molecule has 12 heteroatoms. The van der Waals surface area contributed by atoms with Gasteiger partial charge in [-0.15, -0.1) is 10.2 Å². The van der Waals surface area contributed by atoms with Crippen molar-refractivity contribution in [2.75, 3.05) is 0 Å². The predicted molar refractivity (Wildman–Crippen MR) is 97.8 cm³/mol. The minimum absolute atomic E-state index is 0.00725. The molecule has 0 aliphatic carbocycles. The maximum atomic E-state index is 12.6. The van der Waals surface area contributed by atoms with Gasteiger partial charge in [-0.3, -0.25) is 0 Å². The summed E-state index contributed by atoms with van der Waals surface area (Å²) in [6.45, 7) is 2.10. The van der Waals surface area contributed by atoms with E-state index in [1.807, 2.05) is 0 Å². The SMILES string of the molecule is CCCCCCc1nnn(C(=O)n2ccnn2)c1C(Cl)(Cl)C(Cl)(Cl)Cl. The van der Waals surface area contributed by atoms with E-state index in [9.17, 15) is 4.79 Å². The lowest BCUT2D eigenvalue weighted by Gasteiger charge is -2.27. The second-order valence-corrected chi connectivity index (χ2v) is 8.92. The molecule has 0 spiro atoms. The zero-order valence-electron chi connectivity index (χ0n) is 13.2. The average Bonchev–Trinajstić information content (AvgIpc) is 3.19. The number of nitrogens with zero attached hydrogens (tertiary/aromatic N) is 6. The highest BCUT2D eigenvalue weighted by Gasteiger charge is 2.52. The highest BCUT2D eigenvalue weighted by Crippen LogP contribution is 2.53. The van der Waals surface area contributed by atoms with Crippen LogP contribution in [0.5, 0.6) is 0 Å². The van der Waals surface area contributed by atoms with Crippen molar-refractivity contribution in [1.82, 2.24) is 30.0 Å². The third kappa shape index (κ3) is 4.57. The van der Waals surface area contributed by atoms with Crippen molar-refractivity contribution in [1.29, 1.82) is 0 Å². The Morgan fingerprint density at radius 1 is 1.12 bits per heavy atom. The first-order valence-corrected chi connectivity index (χ1v) is 9.39. The number of hydrogen-bond acceptors (Lipinski definition) is 5. The Labute approximate surface area is 169 Å². The molecule has 0 amide bonds. The van der Waals surface area contributed by atoms with E-state index in [2.05, 4.69) is 27.5 Å². The van der Waals surface area contributed by atoms with E-state index < -0.39 is 14.2 Å². The van der Waals surface area contributed by atoms with E-state index in [1.165, 1.54) is 12.4 Å². The van der Waals surface area contributed by atoms with Gasteiger partial charge in [0, 0.05) is 0 Å². The Morgan fingerprint density at radius 2 is 1.84 bits per heavy atom. The molecule has 0 fully saturated rings. The van der Waals surface area contributed by atoms with Crippen LogP contribution < -0.4 is 0 Å². The summed E-state index contributed by atoms with van der Waals surface area (Å²) in [5, 5.41) is 15.0. The fourth-order valence-corrected chi connectivity index (χ4v) is 2.84. The summed E-state index contributed by atoms with van der Waals surface area (Å²) in [6, 6.07) is -0.695. The fourth-order valence-electron chi connectivity index (χ4n) is 2.19. The van der Waals surface area contributed by atoms with Crippen LogP contribution in [0, 0.1) is 0 Å². The summed E-state index contributed by atoms with van der Waals surface area (Å²) >= 11 is 30.4. The Bertz CT molecular complexity index is 709. The van der Waals surface area contributed by atoms with Crippen molar-refractivity contribution in [3.63, 3.8) is 0 Å². The van der Waals surface area contributed by atoms with Crippen LogP contribution in [0.1, 0.15) is 44.0 Å². The van der Waals surface area contributed by atoms with Gasteiger partial charge in [-0.2, -0.15) is 9.36 Å². The van der Waals surface area contributed by atoms with Crippen LogP contribution in [0.3, 0.4) is 0 Å². The normalized spacial score (nSPS) is 12.6. The van der Waals surface area contributed by atoms with Crippen molar-refractivity contribution in [3.8, 4) is 0 Å². The molecular weight excluding hydrogens is 433 g/mol. The Balaban J connectivity index is 2.43. The summed E-state index contributed by atoms with van der Waals surface area (Å²) < 4.78 is -2.33.